The minimum absolute atomic E-state index is 0.132. The number of rotatable bonds is 6. The Morgan fingerprint density at radius 1 is 1.04 bits per heavy atom. The molecule has 26 heavy (non-hydrogen) atoms. The van der Waals surface area contributed by atoms with Crippen LogP contribution in [-0.4, -0.2) is 98.2 Å². The van der Waals surface area contributed by atoms with E-state index in [1.165, 1.54) is 5.56 Å². The van der Waals surface area contributed by atoms with Crippen molar-refractivity contribution in [1.82, 2.24) is 19.7 Å². The summed E-state index contributed by atoms with van der Waals surface area (Å²) < 4.78 is 5.02. The quantitative estimate of drug-likeness (QED) is 0.685. The van der Waals surface area contributed by atoms with Crippen molar-refractivity contribution in [1.29, 1.82) is 0 Å². The number of aromatic nitrogens is 1. The van der Waals surface area contributed by atoms with Gasteiger partial charge in [0.15, 0.2) is 0 Å². The first-order valence-electron chi connectivity index (χ1n) is 9.63. The average Bonchev–Trinajstić information content (AvgIpc) is 2.65. The third-order valence-electron chi connectivity index (χ3n) is 5.17. The topological polar surface area (TPSA) is 52.2 Å². The monoisotopic (exact) mass is 361 g/mol. The van der Waals surface area contributed by atoms with E-state index in [9.17, 15) is 4.79 Å². The Hall–Kier alpha value is -1.70. The van der Waals surface area contributed by atoms with Crippen molar-refractivity contribution in [3.05, 3.63) is 23.9 Å². The zero-order chi connectivity index (χ0) is 18.4. The number of hydrogen-bond donors (Lipinski definition) is 0. The highest BCUT2D eigenvalue weighted by Crippen LogP contribution is 2.15. The normalized spacial score (nSPS) is 20.3. The number of likely N-dealkylation sites (N-methyl/N-ethyl adjacent to an activating group) is 1. The van der Waals surface area contributed by atoms with E-state index in [4.69, 9.17) is 4.74 Å². The Morgan fingerprint density at radius 2 is 1.73 bits per heavy atom. The summed E-state index contributed by atoms with van der Waals surface area (Å²) in [5, 5.41) is 0. The maximum atomic E-state index is 11.6. The van der Waals surface area contributed by atoms with Crippen LogP contribution in [0.1, 0.15) is 12.5 Å². The summed E-state index contributed by atoms with van der Waals surface area (Å²) in [5.74, 6) is 0.898. The Kier molecular flexibility index (Phi) is 6.82. The molecular formula is C19H31N5O2. The molecule has 0 radical (unpaired) electrons. The van der Waals surface area contributed by atoms with Crippen LogP contribution >= 0.6 is 0 Å². The standard InChI is InChI=1S/C19H31N5O2/c1-3-26-19(25)16-23-10-12-24(13-11-23)18-5-4-17(14-20-18)15-22-8-6-21(2)7-9-22/h4-5,14H,3,6-13,15-16H2,1-2H3. The minimum Gasteiger partial charge on any atom is -0.465 e. The van der Waals surface area contributed by atoms with Gasteiger partial charge in [-0.1, -0.05) is 6.07 Å². The summed E-state index contributed by atoms with van der Waals surface area (Å²) in [4.78, 5) is 25.6. The van der Waals surface area contributed by atoms with Gasteiger partial charge >= 0.3 is 5.97 Å². The Balaban J connectivity index is 1.45. The lowest BCUT2D eigenvalue weighted by atomic mass is 10.2. The molecule has 2 aliphatic rings. The molecule has 0 aromatic carbocycles. The number of esters is 1. The minimum atomic E-state index is -0.132. The van der Waals surface area contributed by atoms with Gasteiger partial charge in [-0.05, 0) is 25.6 Å². The molecule has 1 aromatic rings. The van der Waals surface area contributed by atoms with E-state index in [1.54, 1.807) is 0 Å². The zero-order valence-electron chi connectivity index (χ0n) is 16.1. The number of carbonyl (C=O) groups excluding carboxylic acids is 1. The van der Waals surface area contributed by atoms with Gasteiger partial charge in [-0.25, -0.2) is 4.98 Å². The molecule has 0 spiro atoms. The maximum absolute atomic E-state index is 11.6. The number of pyridine rings is 1. The van der Waals surface area contributed by atoms with Crippen LogP contribution in [0.15, 0.2) is 18.3 Å². The number of ether oxygens (including phenoxy) is 1. The number of hydrogen-bond acceptors (Lipinski definition) is 7. The summed E-state index contributed by atoms with van der Waals surface area (Å²) in [5.41, 5.74) is 1.28. The molecule has 0 bridgehead atoms. The van der Waals surface area contributed by atoms with E-state index >= 15 is 0 Å². The second-order valence-electron chi connectivity index (χ2n) is 7.17. The third-order valence-corrected chi connectivity index (χ3v) is 5.17. The van der Waals surface area contributed by atoms with Crippen LogP contribution in [0, 0.1) is 0 Å². The molecule has 3 rings (SSSR count). The van der Waals surface area contributed by atoms with Crippen LogP contribution in [0.3, 0.4) is 0 Å². The lowest BCUT2D eigenvalue weighted by Crippen LogP contribution is -2.48. The molecule has 0 saturated carbocycles. The molecule has 3 heterocycles. The molecule has 7 heteroatoms. The summed E-state index contributed by atoms with van der Waals surface area (Å²) in [7, 11) is 2.18. The molecule has 0 atom stereocenters. The van der Waals surface area contributed by atoms with E-state index < -0.39 is 0 Å². The van der Waals surface area contributed by atoms with Crippen LogP contribution < -0.4 is 4.90 Å². The highest BCUT2D eigenvalue weighted by atomic mass is 16.5. The first kappa shape index (κ1) is 19.1. The summed E-state index contributed by atoms with van der Waals surface area (Å²) in [6.07, 6.45) is 2.01. The predicted octanol–water partition coefficient (Wildman–Crippen LogP) is 0.514. The molecule has 144 valence electrons. The highest BCUT2D eigenvalue weighted by molar-refractivity contribution is 5.71. The molecular weight excluding hydrogens is 330 g/mol. The van der Waals surface area contributed by atoms with Gasteiger partial charge in [0.2, 0.25) is 0 Å². The lowest BCUT2D eigenvalue weighted by molar-refractivity contribution is -0.144. The molecule has 0 unspecified atom stereocenters. The second kappa shape index (κ2) is 9.30. The molecule has 7 nitrogen and oxygen atoms in total. The van der Waals surface area contributed by atoms with E-state index in [0.717, 1.165) is 64.7 Å². The maximum Gasteiger partial charge on any atom is 0.320 e. The van der Waals surface area contributed by atoms with Gasteiger partial charge in [-0.15, -0.1) is 0 Å². The van der Waals surface area contributed by atoms with Crippen LogP contribution in [0.25, 0.3) is 0 Å². The van der Waals surface area contributed by atoms with Crippen molar-refractivity contribution in [3.63, 3.8) is 0 Å². The third kappa shape index (κ3) is 5.40. The Morgan fingerprint density at radius 3 is 2.35 bits per heavy atom. The van der Waals surface area contributed by atoms with Crippen LogP contribution in [-0.2, 0) is 16.1 Å². The van der Waals surface area contributed by atoms with E-state index in [1.807, 2.05) is 13.1 Å². The molecule has 2 saturated heterocycles. The van der Waals surface area contributed by atoms with Gasteiger partial charge in [-0.3, -0.25) is 14.6 Å². The summed E-state index contributed by atoms with van der Waals surface area (Å²) in [6.45, 7) is 11.7. The Labute approximate surface area is 156 Å². The van der Waals surface area contributed by atoms with Gasteiger partial charge in [0.05, 0.1) is 13.2 Å². The average molecular weight is 361 g/mol. The largest absolute Gasteiger partial charge is 0.465 e. The molecule has 0 amide bonds. The molecule has 2 aliphatic heterocycles. The summed E-state index contributed by atoms with van der Waals surface area (Å²) >= 11 is 0. The van der Waals surface area contributed by atoms with Gasteiger partial charge in [-0.2, -0.15) is 0 Å². The van der Waals surface area contributed by atoms with Crippen LogP contribution in [0.5, 0.6) is 0 Å². The van der Waals surface area contributed by atoms with Crippen molar-refractivity contribution < 1.29 is 9.53 Å². The number of nitrogens with zero attached hydrogens (tertiary/aromatic N) is 5. The fourth-order valence-corrected chi connectivity index (χ4v) is 3.49. The SMILES string of the molecule is CCOC(=O)CN1CCN(c2ccc(CN3CCN(C)CC3)cn2)CC1. The van der Waals surface area contributed by atoms with Crippen LogP contribution in [0.2, 0.25) is 0 Å². The van der Waals surface area contributed by atoms with Crippen molar-refractivity contribution in [3.8, 4) is 0 Å². The first-order chi connectivity index (χ1) is 12.6. The molecule has 0 aliphatic carbocycles. The smallest absolute Gasteiger partial charge is 0.320 e. The van der Waals surface area contributed by atoms with E-state index in [-0.39, 0.29) is 5.97 Å². The van der Waals surface area contributed by atoms with Crippen molar-refractivity contribution in [2.45, 2.75) is 13.5 Å². The molecule has 1 aromatic heterocycles. The fourth-order valence-electron chi connectivity index (χ4n) is 3.49. The molecule has 2 fully saturated rings. The number of piperazine rings is 2. The van der Waals surface area contributed by atoms with Gasteiger partial charge in [0.1, 0.15) is 5.82 Å². The predicted molar refractivity (Wildman–Crippen MR) is 102 cm³/mol. The van der Waals surface area contributed by atoms with E-state index in [2.05, 4.69) is 43.8 Å². The number of anilines is 1. The van der Waals surface area contributed by atoms with Crippen molar-refractivity contribution >= 4 is 11.8 Å². The van der Waals surface area contributed by atoms with Gasteiger partial charge < -0.3 is 14.5 Å². The van der Waals surface area contributed by atoms with Crippen LogP contribution in [0.4, 0.5) is 5.82 Å². The first-order valence-corrected chi connectivity index (χ1v) is 9.63. The van der Waals surface area contributed by atoms with E-state index in [0.29, 0.717) is 13.2 Å². The fraction of sp³-hybridized carbons (Fsp3) is 0.684. The zero-order valence-corrected chi connectivity index (χ0v) is 16.1. The van der Waals surface area contributed by atoms with Gasteiger partial charge in [0.25, 0.3) is 0 Å². The lowest BCUT2D eigenvalue weighted by Gasteiger charge is -2.35. The Bertz CT molecular complexity index is 564. The second-order valence-corrected chi connectivity index (χ2v) is 7.17. The van der Waals surface area contributed by atoms with Crippen molar-refractivity contribution in [2.24, 2.45) is 0 Å². The van der Waals surface area contributed by atoms with Gasteiger partial charge in [0, 0.05) is 65.1 Å². The number of carbonyl (C=O) groups is 1. The highest BCUT2D eigenvalue weighted by Gasteiger charge is 2.20. The summed E-state index contributed by atoms with van der Waals surface area (Å²) in [6, 6.07) is 4.33. The molecule has 0 N–H and O–H groups in total. The van der Waals surface area contributed by atoms with Crippen molar-refractivity contribution in [2.75, 3.05) is 77.5 Å².